The SMILES string of the molecule is C[C@]1(O)CCN(c2cc(N)ncn2)C[C@H]1Cc1ccccc1. The molecule has 2 aromatic rings. The summed E-state index contributed by atoms with van der Waals surface area (Å²) in [6.07, 6.45) is 3.06. The molecule has 1 aliphatic rings. The first-order valence-electron chi connectivity index (χ1n) is 7.63. The Morgan fingerprint density at radius 1 is 1.32 bits per heavy atom. The third-order valence-corrected chi connectivity index (χ3v) is 4.53. The lowest BCUT2D eigenvalue weighted by molar-refractivity contribution is -0.0168. The average Bonchev–Trinajstić information content (AvgIpc) is 2.50. The maximum Gasteiger partial charge on any atom is 0.134 e. The molecular formula is C17H22N4O. The number of aromatic nitrogens is 2. The zero-order valence-corrected chi connectivity index (χ0v) is 12.8. The summed E-state index contributed by atoms with van der Waals surface area (Å²) >= 11 is 0. The number of benzene rings is 1. The standard InChI is InChI=1S/C17H22N4O/c1-17(22)7-8-21(16-10-15(18)19-12-20-16)11-14(17)9-13-5-3-2-4-6-13/h2-6,10,12,14,22H,7-9,11H2,1H3,(H2,18,19,20)/t14-,17+/m1/s1. The van der Waals surface area contributed by atoms with Gasteiger partial charge in [-0.2, -0.15) is 0 Å². The Labute approximate surface area is 130 Å². The molecule has 0 bridgehead atoms. The van der Waals surface area contributed by atoms with Gasteiger partial charge in [-0.05, 0) is 25.3 Å². The predicted molar refractivity (Wildman–Crippen MR) is 87.5 cm³/mol. The molecule has 0 radical (unpaired) electrons. The van der Waals surface area contributed by atoms with Gasteiger partial charge < -0.3 is 15.7 Å². The molecule has 1 aliphatic heterocycles. The monoisotopic (exact) mass is 298 g/mol. The molecule has 5 nitrogen and oxygen atoms in total. The Kier molecular flexibility index (Phi) is 3.98. The van der Waals surface area contributed by atoms with Gasteiger partial charge in [0.1, 0.15) is 18.0 Å². The van der Waals surface area contributed by atoms with Gasteiger partial charge in [0, 0.05) is 25.1 Å². The Balaban J connectivity index is 1.78. The van der Waals surface area contributed by atoms with E-state index in [0.29, 0.717) is 12.2 Å². The fourth-order valence-electron chi connectivity index (χ4n) is 3.04. The van der Waals surface area contributed by atoms with Crippen molar-refractivity contribution < 1.29 is 5.11 Å². The van der Waals surface area contributed by atoms with Crippen molar-refractivity contribution in [1.82, 2.24) is 9.97 Å². The van der Waals surface area contributed by atoms with E-state index >= 15 is 0 Å². The number of aliphatic hydroxyl groups is 1. The molecule has 2 heterocycles. The molecule has 116 valence electrons. The highest BCUT2D eigenvalue weighted by molar-refractivity contribution is 5.46. The number of nitrogen functional groups attached to an aromatic ring is 1. The fourth-order valence-corrected chi connectivity index (χ4v) is 3.04. The van der Waals surface area contributed by atoms with Crippen LogP contribution in [0.2, 0.25) is 0 Å². The molecule has 1 saturated heterocycles. The summed E-state index contributed by atoms with van der Waals surface area (Å²) in [7, 11) is 0. The normalized spacial score (nSPS) is 25.2. The van der Waals surface area contributed by atoms with E-state index in [2.05, 4.69) is 27.0 Å². The summed E-state index contributed by atoms with van der Waals surface area (Å²) in [5, 5.41) is 10.7. The lowest BCUT2D eigenvalue weighted by Crippen LogP contribution is -2.51. The van der Waals surface area contributed by atoms with Crippen LogP contribution in [-0.2, 0) is 6.42 Å². The minimum absolute atomic E-state index is 0.153. The third-order valence-electron chi connectivity index (χ3n) is 4.53. The number of nitrogens with zero attached hydrogens (tertiary/aromatic N) is 3. The van der Waals surface area contributed by atoms with Gasteiger partial charge in [-0.15, -0.1) is 0 Å². The topological polar surface area (TPSA) is 75.3 Å². The van der Waals surface area contributed by atoms with Crippen LogP contribution in [0.5, 0.6) is 0 Å². The smallest absolute Gasteiger partial charge is 0.134 e. The van der Waals surface area contributed by atoms with Crippen molar-refractivity contribution in [3.8, 4) is 0 Å². The molecular weight excluding hydrogens is 276 g/mol. The molecule has 0 saturated carbocycles. The van der Waals surface area contributed by atoms with Crippen LogP contribution in [0, 0.1) is 5.92 Å². The van der Waals surface area contributed by atoms with Crippen molar-refractivity contribution in [3.63, 3.8) is 0 Å². The first kappa shape index (κ1) is 14.8. The molecule has 22 heavy (non-hydrogen) atoms. The van der Waals surface area contributed by atoms with Crippen molar-refractivity contribution in [3.05, 3.63) is 48.3 Å². The Bertz CT molecular complexity index is 630. The number of hydrogen-bond acceptors (Lipinski definition) is 5. The van der Waals surface area contributed by atoms with Crippen molar-refractivity contribution >= 4 is 11.6 Å². The van der Waals surface area contributed by atoms with Crippen LogP contribution in [0.1, 0.15) is 18.9 Å². The van der Waals surface area contributed by atoms with Gasteiger partial charge in [-0.1, -0.05) is 30.3 Å². The minimum Gasteiger partial charge on any atom is -0.390 e. The molecule has 3 rings (SSSR count). The Morgan fingerprint density at radius 2 is 2.09 bits per heavy atom. The highest BCUT2D eigenvalue weighted by atomic mass is 16.3. The zero-order chi connectivity index (χ0) is 15.6. The second-order valence-corrected chi connectivity index (χ2v) is 6.24. The van der Waals surface area contributed by atoms with Crippen molar-refractivity contribution in [1.29, 1.82) is 0 Å². The minimum atomic E-state index is -0.662. The summed E-state index contributed by atoms with van der Waals surface area (Å²) in [4.78, 5) is 10.4. The van der Waals surface area contributed by atoms with E-state index in [1.54, 1.807) is 6.07 Å². The maximum atomic E-state index is 10.7. The molecule has 3 N–H and O–H groups in total. The largest absolute Gasteiger partial charge is 0.390 e. The van der Waals surface area contributed by atoms with Gasteiger partial charge in [-0.25, -0.2) is 9.97 Å². The summed E-state index contributed by atoms with van der Waals surface area (Å²) in [6, 6.07) is 12.1. The molecule has 0 unspecified atom stereocenters. The maximum absolute atomic E-state index is 10.7. The summed E-state index contributed by atoms with van der Waals surface area (Å²) in [6.45, 7) is 3.47. The molecule has 1 aromatic carbocycles. The van der Waals surface area contributed by atoms with Crippen LogP contribution >= 0.6 is 0 Å². The van der Waals surface area contributed by atoms with E-state index in [4.69, 9.17) is 5.73 Å². The van der Waals surface area contributed by atoms with Crippen molar-refractivity contribution in [2.24, 2.45) is 5.92 Å². The second-order valence-electron chi connectivity index (χ2n) is 6.24. The summed E-state index contributed by atoms with van der Waals surface area (Å²) in [5.41, 5.74) is 6.33. The van der Waals surface area contributed by atoms with Gasteiger partial charge in [-0.3, -0.25) is 0 Å². The van der Waals surface area contributed by atoms with E-state index < -0.39 is 5.60 Å². The van der Waals surface area contributed by atoms with Crippen molar-refractivity contribution in [2.75, 3.05) is 23.7 Å². The van der Waals surface area contributed by atoms with E-state index in [1.807, 2.05) is 25.1 Å². The quantitative estimate of drug-likeness (QED) is 0.905. The molecule has 1 aromatic heterocycles. The van der Waals surface area contributed by atoms with Crippen molar-refractivity contribution in [2.45, 2.75) is 25.4 Å². The number of piperidine rings is 1. The van der Waals surface area contributed by atoms with Gasteiger partial charge in [0.25, 0.3) is 0 Å². The molecule has 0 amide bonds. The van der Waals surface area contributed by atoms with Gasteiger partial charge in [0.15, 0.2) is 0 Å². The van der Waals surface area contributed by atoms with Crippen LogP contribution < -0.4 is 10.6 Å². The molecule has 0 spiro atoms. The number of anilines is 2. The van der Waals surface area contributed by atoms with Gasteiger partial charge in [0.2, 0.25) is 0 Å². The number of nitrogens with two attached hydrogens (primary N) is 1. The highest BCUT2D eigenvalue weighted by Gasteiger charge is 2.37. The van der Waals surface area contributed by atoms with Crippen LogP contribution in [0.15, 0.2) is 42.7 Å². The zero-order valence-electron chi connectivity index (χ0n) is 12.8. The molecule has 2 atom stereocenters. The summed E-state index contributed by atoms with van der Waals surface area (Å²) < 4.78 is 0. The van der Waals surface area contributed by atoms with E-state index in [1.165, 1.54) is 11.9 Å². The van der Waals surface area contributed by atoms with Crippen LogP contribution in [0.4, 0.5) is 11.6 Å². The Hall–Kier alpha value is -2.14. The molecule has 0 aliphatic carbocycles. The van der Waals surface area contributed by atoms with E-state index in [-0.39, 0.29) is 5.92 Å². The van der Waals surface area contributed by atoms with Gasteiger partial charge in [0.05, 0.1) is 5.60 Å². The second kappa shape index (κ2) is 5.93. The lowest BCUT2D eigenvalue weighted by atomic mass is 9.79. The highest BCUT2D eigenvalue weighted by Crippen LogP contribution is 2.32. The van der Waals surface area contributed by atoms with E-state index in [9.17, 15) is 5.11 Å². The lowest BCUT2D eigenvalue weighted by Gasteiger charge is -2.43. The average molecular weight is 298 g/mol. The fraction of sp³-hybridized carbons (Fsp3) is 0.412. The van der Waals surface area contributed by atoms with E-state index in [0.717, 1.165) is 25.3 Å². The third kappa shape index (κ3) is 3.20. The van der Waals surface area contributed by atoms with Crippen LogP contribution in [0.3, 0.4) is 0 Å². The number of rotatable bonds is 3. The molecule has 5 heteroatoms. The van der Waals surface area contributed by atoms with Crippen LogP contribution in [0.25, 0.3) is 0 Å². The first-order chi connectivity index (χ1) is 10.5. The molecule has 1 fully saturated rings. The van der Waals surface area contributed by atoms with Gasteiger partial charge >= 0.3 is 0 Å². The Morgan fingerprint density at radius 3 is 2.82 bits per heavy atom. The number of hydrogen-bond donors (Lipinski definition) is 2. The van der Waals surface area contributed by atoms with Crippen LogP contribution in [-0.4, -0.2) is 33.8 Å². The predicted octanol–water partition coefficient (Wildman–Crippen LogP) is 1.88. The summed E-state index contributed by atoms with van der Waals surface area (Å²) in [5.74, 6) is 1.46. The first-order valence-corrected chi connectivity index (χ1v) is 7.63.